The van der Waals surface area contributed by atoms with Gasteiger partial charge in [-0.25, -0.2) is 0 Å². The van der Waals surface area contributed by atoms with Gasteiger partial charge in [-0.2, -0.15) is 0 Å². The first-order valence-electron chi connectivity index (χ1n) is 14.7. The van der Waals surface area contributed by atoms with Gasteiger partial charge >= 0.3 is 0 Å². The van der Waals surface area contributed by atoms with Gasteiger partial charge in [0.1, 0.15) is 29.0 Å². The van der Waals surface area contributed by atoms with Crippen molar-refractivity contribution in [3.63, 3.8) is 0 Å². The molecule has 6 rings (SSSR count). The average Bonchev–Trinajstić information content (AvgIpc) is 3.03. The van der Waals surface area contributed by atoms with Gasteiger partial charge in [0.25, 0.3) is 5.91 Å². The molecule has 0 spiro atoms. The number of Topliss-reactive ketones (excluding diaryl/α,β-unsaturated/α-hetero) is 1. The van der Waals surface area contributed by atoms with Gasteiger partial charge in [-0.15, -0.1) is 0 Å². The molecule has 0 radical (unpaired) electrons. The highest BCUT2D eigenvalue weighted by Crippen LogP contribution is 2.52. The number of hydrogen-bond acceptors (Lipinski definition) is 12. The van der Waals surface area contributed by atoms with E-state index in [-0.39, 0.29) is 34.4 Å². The van der Waals surface area contributed by atoms with E-state index < -0.39 is 95.0 Å². The number of aromatic hydroxyl groups is 2. The molecule has 1 saturated heterocycles. The standard InChI is InChI=1S/C33H32N2O11/c1-14-27(37)19(35-32(42)16-7-9-34-10-8-16)11-22(45-14)46-21-13-33(43,15(2)36)12-18-24(21)31(41)26-25(29(18)39)28(38)17-5-4-6-20(44-3)23(17)30(26)40/h4-10,14,19,21-22,27,37,39,41,43H,11-13H2,1-3H3,(H,35,42)/t14-,19-,21-,22-,27+,33-/m0/s1. The number of methoxy groups -OCH3 is 1. The van der Waals surface area contributed by atoms with Crippen LogP contribution in [0.2, 0.25) is 0 Å². The minimum absolute atomic E-state index is 0.0417. The highest BCUT2D eigenvalue weighted by molar-refractivity contribution is 6.31. The number of fused-ring (bicyclic) bond motifs is 3. The number of aromatic nitrogens is 1. The Balaban J connectivity index is 1.40. The van der Waals surface area contributed by atoms with Crippen molar-refractivity contribution in [1.29, 1.82) is 0 Å². The first-order valence-corrected chi connectivity index (χ1v) is 14.7. The van der Waals surface area contributed by atoms with Crippen molar-refractivity contribution in [1.82, 2.24) is 10.3 Å². The number of amides is 1. The lowest BCUT2D eigenvalue weighted by Crippen LogP contribution is -2.55. The summed E-state index contributed by atoms with van der Waals surface area (Å²) in [6, 6.07) is 6.57. The zero-order chi connectivity index (χ0) is 33.1. The third-order valence-electron chi connectivity index (χ3n) is 9.01. The molecular formula is C33H32N2O11. The van der Waals surface area contributed by atoms with Crippen molar-refractivity contribution < 1.29 is 53.8 Å². The van der Waals surface area contributed by atoms with Crippen LogP contribution in [0.3, 0.4) is 0 Å². The molecule has 3 aromatic rings. The monoisotopic (exact) mass is 632 g/mol. The predicted molar refractivity (Wildman–Crippen MR) is 158 cm³/mol. The number of carbonyl (C=O) groups excluding carboxylic acids is 4. The minimum atomic E-state index is -2.08. The molecule has 1 amide bonds. The van der Waals surface area contributed by atoms with Gasteiger partial charge < -0.3 is 40.0 Å². The molecule has 2 heterocycles. The first-order chi connectivity index (χ1) is 21.9. The van der Waals surface area contributed by atoms with Crippen LogP contribution in [0.25, 0.3) is 0 Å². The molecule has 5 N–H and O–H groups in total. The van der Waals surface area contributed by atoms with Gasteiger partial charge in [-0.1, -0.05) is 12.1 Å². The molecule has 2 aromatic carbocycles. The molecule has 2 aliphatic carbocycles. The van der Waals surface area contributed by atoms with Crippen LogP contribution in [0.5, 0.6) is 17.2 Å². The van der Waals surface area contributed by atoms with Crippen LogP contribution in [0.4, 0.5) is 0 Å². The van der Waals surface area contributed by atoms with E-state index in [1.54, 1.807) is 6.92 Å². The molecule has 0 bridgehead atoms. The number of nitrogens with one attached hydrogen (secondary N) is 1. The van der Waals surface area contributed by atoms with Gasteiger partial charge in [-0.05, 0) is 32.0 Å². The zero-order valence-corrected chi connectivity index (χ0v) is 25.1. The number of nitrogens with zero attached hydrogens (tertiary/aromatic N) is 1. The summed E-state index contributed by atoms with van der Waals surface area (Å²) in [6.45, 7) is 2.73. The second-order valence-electron chi connectivity index (χ2n) is 11.8. The van der Waals surface area contributed by atoms with E-state index in [1.807, 2.05) is 0 Å². The van der Waals surface area contributed by atoms with Crippen LogP contribution >= 0.6 is 0 Å². The molecule has 46 heavy (non-hydrogen) atoms. The van der Waals surface area contributed by atoms with Gasteiger partial charge in [-0.3, -0.25) is 24.2 Å². The number of ketones is 3. The Morgan fingerprint density at radius 3 is 2.41 bits per heavy atom. The maximum absolute atomic E-state index is 13.8. The Morgan fingerprint density at radius 1 is 1.04 bits per heavy atom. The third kappa shape index (κ3) is 5.01. The summed E-state index contributed by atoms with van der Waals surface area (Å²) in [5, 5.41) is 48.2. The summed E-state index contributed by atoms with van der Waals surface area (Å²) in [5.41, 5.74) is -3.04. The lowest BCUT2D eigenvalue weighted by atomic mass is 9.72. The predicted octanol–water partition coefficient (Wildman–Crippen LogP) is 1.90. The number of aliphatic hydroxyl groups is 2. The number of benzene rings is 2. The lowest BCUT2D eigenvalue weighted by molar-refractivity contribution is -0.248. The van der Waals surface area contributed by atoms with Crippen LogP contribution in [-0.2, 0) is 20.7 Å². The fraction of sp³-hybridized carbons (Fsp3) is 0.364. The summed E-state index contributed by atoms with van der Waals surface area (Å²) in [7, 11) is 1.33. The van der Waals surface area contributed by atoms with Crippen LogP contribution in [0.1, 0.15) is 86.1 Å². The Hall–Kier alpha value is -4.69. The molecule has 13 heteroatoms. The van der Waals surface area contributed by atoms with Gasteiger partial charge in [0.05, 0.1) is 42.0 Å². The number of phenols is 2. The summed E-state index contributed by atoms with van der Waals surface area (Å²) < 4.78 is 17.4. The number of ether oxygens (including phenoxy) is 3. The van der Waals surface area contributed by atoms with E-state index in [0.29, 0.717) is 5.56 Å². The smallest absolute Gasteiger partial charge is 0.251 e. The Labute approximate surface area is 262 Å². The number of aliphatic hydroxyl groups excluding tert-OH is 1. The summed E-state index contributed by atoms with van der Waals surface area (Å²) in [6.07, 6.45) is -2.49. The van der Waals surface area contributed by atoms with Crippen molar-refractivity contribution in [2.45, 2.75) is 69.4 Å². The van der Waals surface area contributed by atoms with Gasteiger partial charge in [0.15, 0.2) is 17.9 Å². The molecule has 240 valence electrons. The topological polar surface area (TPSA) is 202 Å². The maximum Gasteiger partial charge on any atom is 0.251 e. The van der Waals surface area contributed by atoms with Crippen molar-refractivity contribution in [2.75, 3.05) is 7.11 Å². The fourth-order valence-electron chi connectivity index (χ4n) is 6.52. The number of phenolic OH excluding ortho intramolecular Hbond substituents is 2. The van der Waals surface area contributed by atoms with E-state index in [9.17, 15) is 39.6 Å². The molecular weight excluding hydrogens is 600 g/mol. The largest absolute Gasteiger partial charge is 0.507 e. The Kier molecular flexibility index (Phi) is 7.89. The van der Waals surface area contributed by atoms with Crippen LogP contribution in [-0.4, -0.2) is 85.9 Å². The van der Waals surface area contributed by atoms with Crippen LogP contribution in [0.15, 0.2) is 42.7 Å². The van der Waals surface area contributed by atoms with Crippen molar-refractivity contribution in [3.8, 4) is 17.2 Å². The van der Waals surface area contributed by atoms with Crippen LogP contribution in [0, 0.1) is 0 Å². The van der Waals surface area contributed by atoms with Crippen molar-refractivity contribution in [3.05, 3.63) is 81.7 Å². The average molecular weight is 633 g/mol. The first kappa shape index (κ1) is 31.3. The molecule has 1 fully saturated rings. The SMILES string of the molecule is COc1cccc2c1C(=O)c1c(O)c3c(c(O)c1C2=O)C[C@@](O)(C(C)=O)C[C@@H]3O[C@H]1C[C@H](NC(=O)c2ccncc2)[C@H](O)[C@H](C)O1. The molecule has 1 aromatic heterocycles. The second-order valence-corrected chi connectivity index (χ2v) is 11.8. The van der Waals surface area contributed by atoms with E-state index in [4.69, 9.17) is 14.2 Å². The summed E-state index contributed by atoms with van der Waals surface area (Å²) in [4.78, 5) is 56.9. The quantitative estimate of drug-likeness (QED) is 0.194. The van der Waals surface area contributed by atoms with Crippen LogP contribution < -0.4 is 10.1 Å². The minimum Gasteiger partial charge on any atom is -0.507 e. The molecule has 1 aliphatic heterocycles. The maximum atomic E-state index is 13.8. The number of hydrogen-bond donors (Lipinski definition) is 5. The normalized spacial score (nSPS) is 26.8. The Morgan fingerprint density at radius 2 is 1.74 bits per heavy atom. The molecule has 3 aliphatic rings. The highest BCUT2D eigenvalue weighted by atomic mass is 16.7. The molecule has 13 nitrogen and oxygen atoms in total. The van der Waals surface area contributed by atoms with Gasteiger partial charge in [0.2, 0.25) is 5.78 Å². The Bertz CT molecular complexity index is 1780. The third-order valence-corrected chi connectivity index (χ3v) is 9.01. The number of pyridine rings is 1. The van der Waals surface area contributed by atoms with E-state index >= 15 is 0 Å². The number of carbonyl (C=O) groups is 4. The van der Waals surface area contributed by atoms with Gasteiger partial charge in [0, 0.05) is 53.9 Å². The summed E-state index contributed by atoms with van der Waals surface area (Å²) in [5.74, 6) is -3.87. The van der Waals surface area contributed by atoms with E-state index in [2.05, 4.69) is 10.3 Å². The molecule has 6 atom stereocenters. The fourth-order valence-corrected chi connectivity index (χ4v) is 6.52. The highest BCUT2D eigenvalue weighted by Gasteiger charge is 2.49. The van der Waals surface area contributed by atoms with Crippen molar-refractivity contribution in [2.24, 2.45) is 0 Å². The summed E-state index contributed by atoms with van der Waals surface area (Å²) >= 11 is 0. The lowest BCUT2D eigenvalue weighted by Gasteiger charge is -2.42. The van der Waals surface area contributed by atoms with Crippen molar-refractivity contribution >= 4 is 23.3 Å². The number of rotatable bonds is 6. The zero-order valence-electron chi connectivity index (χ0n) is 25.1. The van der Waals surface area contributed by atoms with E-state index in [1.165, 1.54) is 49.8 Å². The second kappa shape index (κ2) is 11.6. The molecule has 0 unspecified atom stereocenters. The van der Waals surface area contributed by atoms with E-state index in [0.717, 1.165) is 6.92 Å². The molecule has 0 saturated carbocycles.